The summed E-state index contributed by atoms with van der Waals surface area (Å²) >= 11 is 3.09. The smallest absolute Gasteiger partial charge is 0.317 e. The van der Waals surface area contributed by atoms with E-state index in [-0.39, 0.29) is 18.8 Å². The molecule has 1 aromatic rings. The molecule has 1 rings (SSSR count). The highest BCUT2D eigenvalue weighted by atomic mass is 79.9. The Bertz CT molecular complexity index is 440. The Morgan fingerprint density at radius 2 is 2.06 bits per heavy atom. The van der Waals surface area contributed by atoms with Gasteiger partial charge in [-0.1, -0.05) is 15.9 Å². The van der Waals surface area contributed by atoms with E-state index < -0.39 is 17.7 Å². The van der Waals surface area contributed by atoms with E-state index in [1.54, 1.807) is 6.07 Å². The van der Waals surface area contributed by atoms with E-state index in [9.17, 15) is 14.0 Å². The molecule has 0 spiro atoms. The van der Waals surface area contributed by atoms with Crippen molar-refractivity contribution in [1.29, 1.82) is 0 Å². The third kappa shape index (κ3) is 4.92. The Morgan fingerprint density at radius 1 is 1.35 bits per heavy atom. The van der Waals surface area contributed by atoms with Crippen LogP contribution in [0.15, 0.2) is 22.7 Å². The van der Waals surface area contributed by atoms with Gasteiger partial charge in [0.2, 0.25) is 5.91 Å². The molecule has 0 fully saturated rings. The number of carbonyl (C=O) groups is 2. The molecule has 0 aliphatic carbocycles. The molecule has 0 aromatic heterocycles. The van der Waals surface area contributed by atoms with E-state index in [1.165, 1.54) is 12.1 Å². The summed E-state index contributed by atoms with van der Waals surface area (Å²) < 4.78 is 13.9. The summed E-state index contributed by atoms with van der Waals surface area (Å²) in [5.74, 6) is -2.13. The van der Waals surface area contributed by atoms with Gasteiger partial charge in [-0.25, -0.2) is 4.39 Å². The number of carboxylic acid groups (broad SMARTS) is 1. The first kappa shape index (κ1) is 13.6. The number of carboxylic acids is 1. The zero-order valence-corrected chi connectivity index (χ0v) is 10.3. The fourth-order valence-corrected chi connectivity index (χ4v) is 1.40. The van der Waals surface area contributed by atoms with Crippen molar-refractivity contribution < 1.29 is 19.1 Å². The first-order valence-electron chi connectivity index (χ1n) is 4.66. The third-order valence-electron chi connectivity index (χ3n) is 1.77. The fraction of sp³-hybridized carbons (Fsp3) is 0.200. The molecule has 0 saturated heterocycles. The van der Waals surface area contributed by atoms with Crippen molar-refractivity contribution in [2.45, 2.75) is 0 Å². The maximum absolute atomic E-state index is 13.3. The van der Waals surface area contributed by atoms with E-state index in [0.717, 1.165) is 0 Å². The van der Waals surface area contributed by atoms with E-state index in [2.05, 4.69) is 26.6 Å². The molecule has 92 valence electrons. The van der Waals surface area contributed by atoms with Gasteiger partial charge in [-0.05, 0) is 18.2 Å². The predicted octanol–water partition coefficient (Wildman–Crippen LogP) is 1.20. The lowest BCUT2D eigenvalue weighted by Gasteiger charge is -2.06. The molecule has 0 saturated carbocycles. The zero-order valence-electron chi connectivity index (χ0n) is 8.67. The van der Waals surface area contributed by atoms with Gasteiger partial charge in [0, 0.05) is 4.47 Å². The maximum atomic E-state index is 13.3. The number of hydrogen-bond acceptors (Lipinski definition) is 3. The van der Waals surface area contributed by atoms with Crippen LogP contribution in [0.4, 0.5) is 10.1 Å². The van der Waals surface area contributed by atoms with Crippen LogP contribution < -0.4 is 10.6 Å². The summed E-state index contributed by atoms with van der Waals surface area (Å²) in [5, 5.41) is 13.0. The summed E-state index contributed by atoms with van der Waals surface area (Å²) in [5.41, 5.74) is 0.0512. The van der Waals surface area contributed by atoms with Gasteiger partial charge in [0.25, 0.3) is 0 Å². The molecule has 0 bridgehead atoms. The van der Waals surface area contributed by atoms with Crippen LogP contribution in [0.1, 0.15) is 0 Å². The van der Waals surface area contributed by atoms with Crippen molar-refractivity contribution in [2.75, 3.05) is 18.4 Å². The van der Waals surface area contributed by atoms with Crippen molar-refractivity contribution in [3.63, 3.8) is 0 Å². The first-order valence-corrected chi connectivity index (χ1v) is 5.46. The normalized spacial score (nSPS) is 10.0. The molecule has 0 atom stereocenters. The predicted molar refractivity (Wildman–Crippen MR) is 63.2 cm³/mol. The molecule has 5 nitrogen and oxygen atoms in total. The van der Waals surface area contributed by atoms with Gasteiger partial charge in [0.05, 0.1) is 18.8 Å². The van der Waals surface area contributed by atoms with Gasteiger partial charge >= 0.3 is 5.97 Å². The van der Waals surface area contributed by atoms with Gasteiger partial charge in [-0.3, -0.25) is 14.9 Å². The maximum Gasteiger partial charge on any atom is 0.317 e. The summed E-state index contributed by atoms with van der Waals surface area (Å²) in [6, 6.07) is 4.22. The van der Waals surface area contributed by atoms with Crippen LogP contribution in [0.25, 0.3) is 0 Å². The van der Waals surface area contributed by atoms with Gasteiger partial charge in [-0.15, -0.1) is 0 Å². The highest BCUT2D eigenvalue weighted by molar-refractivity contribution is 9.10. The highest BCUT2D eigenvalue weighted by Gasteiger charge is 2.07. The second-order valence-corrected chi connectivity index (χ2v) is 4.09. The minimum Gasteiger partial charge on any atom is -0.480 e. The van der Waals surface area contributed by atoms with Gasteiger partial charge in [-0.2, -0.15) is 0 Å². The van der Waals surface area contributed by atoms with E-state index in [0.29, 0.717) is 4.47 Å². The van der Waals surface area contributed by atoms with Crippen LogP contribution >= 0.6 is 15.9 Å². The zero-order chi connectivity index (χ0) is 12.8. The number of anilines is 1. The lowest BCUT2D eigenvalue weighted by Crippen LogP contribution is -2.32. The second-order valence-electron chi connectivity index (χ2n) is 3.17. The number of halogens is 2. The number of rotatable bonds is 5. The SMILES string of the molecule is O=C(O)CNCC(=O)Nc1ccc(Br)cc1F. The number of amides is 1. The van der Waals surface area contributed by atoms with Crippen LogP contribution in [-0.2, 0) is 9.59 Å². The molecule has 0 unspecified atom stereocenters. The van der Waals surface area contributed by atoms with Crippen LogP contribution in [0.2, 0.25) is 0 Å². The molecule has 0 heterocycles. The van der Waals surface area contributed by atoms with E-state index in [1.807, 2.05) is 0 Å². The molecule has 0 aliphatic rings. The average Bonchev–Trinajstić information content (AvgIpc) is 2.21. The van der Waals surface area contributed by atoms with Gasteiger partial charge in [0.15, 0.2) is 0 Å². The Kier molecular flexibility index (Phi) is 5.05. The second kappa shape index (κ2) is 6.31. The van der Waals surface area contributed by atoms with Crippen molar-refractivity contribution in [1.82, 2.24) is 5.32 Å². The molecule has 0 radical (unpaired) electrons. The summed E-state index contributed by atoms with van der Waals surface area (Å²) in [7, 11) is 0. The average molecular weight is 305 g/mol. The number of hydrogen-bond donors (Lipinski definition) is 3. The van der Waals surface area contributed by atoms with Crippen molar-refractivity contribution >= 4 is 33.5 Å². The van der Waals surface area contributed by atoms with Crippen molar-refractivity contribution in [3.05, 3.63) is 28.5 Å². The molecule has 0 aliphatic heterocycles. The minimum absolute atomic E-state index is 0.0512. The fourth-order valence-electron chi connectivity index (χ4n) is 1.07. The molecule has 1 aromatic carbocycles. The van der Waals surface area contributed by atoms with Crippen LogP contribution in [0.5, 0.6) is 0 Å². The third-order valence-corrected chi connectivity index (χ3v) is 2.26. The molecule has 17 heavy (non-hydrogen) atoms. The summed E-state index contributed by atoms with van der Waals surface area (Å²) in [4.78, 5) is 21.5. The van der Waals surface area contributed by atoms with Crippen molar-refractivity contribution in [3.8, 4) is 0 Å². The monoisotopic (exact) mass is 304 g/mol. The quantitative estimate of drug-likeness (QED) is 0.764. The highest BCUT2D eigenvalue weighted by Crippen LogP contribution is 2.18. The number of benzene rings is 1. The van der Waals surface area contributed by atoms with Crippen LogP contribution in [0, 0.1) is 5.82 Å². The minimum atomic E-state index is -1.06. The van der Waals surface area contributed by atoms with E-state index >= 15 is 0 Å². The lowest BCUT2D eigenvalue weighted by molar-refractivity contribution is -0.135. The summed E-state index contributed by atoms with van der Waals surface area (Å²) in [6.07, 6.45) is 0. The molecular weight excluding hydrogens is 295 g/mol. The van der Waals surface area contributed by atoms with Crippen molar-refractivity contribution in [2.24, 2.45) is 0 Å². The largest absolute Gasteiger partial charge is 0.480 e. The van der Waals surface area contributed by atoms with Gasteiger partial charge < -0.3 is 10.4 Å². The number of aliphatic carboxylic acids is 1. The first-order chi connectivity index (χ1) is 7.99. The molecule has 3 N–H and O–H groups in total. The molecular formula is C10H10BrFN2O3. The Balaban J connectivity index is 2.48. The lowest BCUT2D eigenvalue weighted by atomic mass is 10.3. The topological polar surface area (TPSA) is 78.4 Å². The van der Waals surface area contributed by atoms with Gasteiger partial charge in [0.1, 0.15) is 5.82 Å². The number of carbonyl (C=O) groups excluding carboxylic acids is 1. The number of nitrogens with one attached hydrogen (secondary N) is 2. The summed E-state index contributed by atoms with van der Waals surface area (Å²) in [6.45, 7) is -0.516. The van der Waals surface area contributed by atoms with Crippen LogP contribution in [-0.4, -0.2) is 30.1 Å². The Morgan fingerprint density at radius 3 is 2.65 bits per heavy atom. The molecule has 1 amide bonds. The Hall–Kier alpha value is -1.47. The Labute approximate surface area is 105 Å². The molecule has 7 heteroatoms. The van der Waals surface area contributed by atoms with E-state index in [4.69, 9.17) is 5.11 Å². The van der Waals surface area contributed by atoms with Crippen LogP contribution in [0.3, 0.4) is 0 Å². The standard InChI is InChI=1S/C10H10BrFN2O3/c11-6-1-2-8(7(12)3-6)14-9(15)4-13-5-10(16)17/h1-3,13H,4-5H2,(H,14,15)(H,16,17).